The minimum absolute atomic E-state index is 0.0924. The molecule has 1 atom stereocenters. The molecular weight excluding hydrogens is 206 g/mol. The van der Waals surface area contributed by atoms with E-state index in [0.29, 0.717) is 12.5 Å². The summed E-state index contributed by atoms with van der Waals surface area (Å²) in [6.45, 7) is 0.657. The molecule has 1 aromatic carbocycles. The minimum atomic E-state index is 0.0924. The summed E-state index contributed by atoms with van der Waals surface area (Å²) in [4.78, 5) is 4.08. The number of nitrogens with two attached hydrogens (primary N) is 1. The van der Waals surface area contributed by atoms with Crippen molar-refractivity contribution in [3.63, 3.8) is 0 Å². The van der Waals surface area contributed by atoms with Crippen molar-refractivity contribution in [1.29, 1.82) is 0 Å². The number of para-hydroxylation sites is 1. The van der Waals surface area contributed by atoms with Crippen molar-refractivity contribution in [3.05, 3.63) is 35.7 Å². The highest BCUT2D eigenvalue weighted by Gasteiger charge is 2.27. The van der Waals surface area contributed by atoms with Crippen LogP contribution in [0.15, 0.2) is 28.8 Å². The Morgan fingerprint density at radius 3 is 3.00 bits per heavy atom. The third-order valence-electron chi connectivity index (χ3n) is 2.71. The van der Waals surface area contributed by atoms with E-state index < -0.39 is 0 Å². The number of hydrogen-bond donors (Lipinski definition) is 1. The summed E-state index contributed by atoms with van der Waals surface area (Å²) in [6, 6.07) is 7.88. The normalized spacial score (nSPS) is 18.9. The third-order valence-corrected chi connectivity index (χ3v) is 2.71. The molecule has 5 heteroatoms. The van der Waals surface area contributed by atoms with Gasteiger partial charge in [0, 0.05) is 5.56 Å². The number of hydrogen-bond acceptors (Lipinski definition) is 5. The van der Waals surface area contributed by atoms with Crippen LogP contribution >= 0.6 is 0 Å². The highest BCUT2D eigenvalue weighted by molar-refractivity contribution is 5.40. The van der Waals surface area contributed by atoms with E-state index in [1.165, 1.54) is 0 Å². The molecule has 0 spiro atoms. The zero-order chi connectivity index (χ0) is 11.0. The number of aromatic nitrogens is 2. The number of nitrogens with zero attached hydrogens (tertiary/aromatic N) is 2. The van der Waals surface area contributed by atoms with Gasteiger partial charge in [0.1, 0.15) is 5.75 Å². The molecule has 0 amide bonds. The van der Waals surface area contributed by atoms with Crippen LogP contribution in [0.3, 0.4) is 0 Å². The zero-order valence-electron chi connectivity index (χ0n) is 8.59. The van der Waals surface area contributed by atoms with Crippen LogP contribution in [0.5, 0.6) is 5.75 Å². The molecule has 2 heterocycles. The lowest BCUT2D eigenvalue weighted by Crippen LogP contribution is -2.15. The van der Waals surface area contributed by atoms with Crippen LogP contribution in [-0.2, 0) is 0 Å². The van der Waals surface area contributed by atoms with Crippen molar-refractivity contribution < 1.29 is 9.26 Å². The Hall–Kier alpha value is -2.04. The first-order chi connectivity index (χ1) is 7.84. The number of rotatable bonds is 1. The second-order valence-electron chi connectivity index (χ2n) is 3.72. The van der Waals surface area contributed by atoms with Gasteiger partial charge in [0.05, 0.1) is 12.5 Å². The summed E-state index contributed by atoms with van der Waals surface area (Å²) in [5, 5.41) is 3.62. The van der Waals surface area contributed by atoms with Gasteiger partial charge in [-0.05, 0) is 17.6 Å². The second kappa shape index (κ2) is 3.52. The van der Waals surface area contributed by atoms with Gasteiger partial charge in [-0.15, -0.1) is 0 Å². The Morgan fingerprint density at radius 1 is 1.31 bits per heavy atom. The fraction of sp³-hybridized carbons (Fsp3) is 0.273. The molecule has 0 fully saturated rings. The molecule has 1 aliphatic rings. The lowest BCUT2D eigenvalue weighted by Gasteiger charge is -2.22. The van der Waals surface area contributed by atoms with Gasteiger partial charge >= 0.3 is 0 Å². The first-order valence-electron chi connectivity index (χ1n) is 5.15. The van der Waals surface area contributed by atoms with E-state index in [1.54, 1.807) is 0 Å². The molecule has 5 nitrogen and oxygen atoms in total. The molecule has 2 aromatic rings. The van der Waals surface area contributed by atoms with E-state index in [0.717, 1.165) is 17.7 Å². The van der Waals surface area contributed by atoms with Crippen LogP contribution in [0, 0.1) is 0 Å². The van der Waals surface area contributed by atoms with Gasteiger partial charge in [-0.2, -0.15) is 4.98 Å². The Labute approximate surface area is 92.2 Å². The van der Waals surface area contributed by atoms with E-state index in [2.05, 4.69) is 10.1 Å². The Balaban J connectivity index is 2.04. The smallest absolute Gasteiger partial charge is 0.260 e. The topological polar surface area (TPSA) is 74.2 Å². The predicted octanol–water partition coefficient (Wildman–Crippen LogP) is 1.57. The van der Waals surface area contributed by atoms with Gasteiger partial charge < -0.3 is 15.0 Å². The van der Waals surface area contributed by atoms with Gasteiger partial charge in [-0.3, -0.25) is 0 Å². The number of anilines is 1. The molecule has 0 aliphatic carbocycles. The second-order valence-corrected chi connectivity index (χ2v) is 3.72. The van der Waals surface area contributed by atoms with E-state index in [1.807, 2.05) is 24.3 Å². The molecule has 0 radical (unpaired) electrons. The molecule has 0 saturated heterocycles. The summed E-state index contributed by atoms with van der Waals surface area (Å²) >= 11 is 0. The van der Waals surface area contributed by atoms with Crippen LogP contribution in [0.2, 0.25) is 0 Å². The highest BCUT2D eigenvalue weighted by atomic mass is 16.5. The Bertz CT molecular complexity index is 509. The van der Waals surface area contributed by atoms with Crippen molar-refractivity contribution in [2.75, 3.05) is 12.3 Å². The lowest BCUT2D eigenvalue weighted by atomic mass is 9.93. The Kier molecular flexibility index (Phi) is 2.02. The number of nitrogen functional groups attached to an aromatic ring is 1. The fourth-order valence-electron chi connectivity index (χ4n) is 1.99. The highest BCUT2D eigenvalue weighted by Crippen LogP contribution is 2.37. The monoisotopic (exact) mass is 217 g/mol. The maximum Gasteiger partial charge on any atom is 0.260 e. The van der Waals surface area contributed by atoms with E-state index in [-0.39, 0.29) is 11.9 Å². The standard InChI is InChI=1S/C11H11N3O2/c12-11-13-10(16-14-11)8-5-6-15-9-4-2-1-3-7(8)9/h1-4,8H,5-6H2,(H2,12,14). The van der Waals surface area contributed by atoms with Crippen LogP contribution in [-0.4, -0.2) is 16.7 Å². The van der Waals surface area contributed by atoms with Crippen molar-refractivity contribution in [2.24, 2.45) is 0 Å². The average Bonchev–Trinajstić information content (AvgIpc) is 2.75. The summed E-state index contributed by atoms with van der Waals surface area (Å²) in [5.74, 6) is 1.72. The molecule has 3 rings (SSSR count). The molecule has 0 bridgehead atoms. The Morgan fingerprint density at radius 2 is 2.19 bits per heavy atom. The third kappa shape index (κ3) is 1.41. The molecule has 1 unspecified atom stereocenters. The molecule has 0 saturated carbocycles. The zero-order valence-corrected chi connectivity index (χ0v) is 8.59. The quantitative estimate of drug-likeness (QED) is 0.784. The first kappa shape index (κ1) is 9.21. The number of benzene rings is 1. The maximum atomic E-state index is 5.56. The molecule has 1 aromatic heterocycles. The number of fused-ring (bicyclic) bond motifs is 1. The molecule has 1 aliphatic heterocycles. The molecule has 82 valence electrons. The van der Waals surface area contributed by atoms with Crippen LogP contribution < -0.4 is 10.5 Å². The molecule has 2 N–H and O–H groups in total. The lowest BCUT2D eigenvalue weighted by molar-refractivity contribution is 0.257. The molecular formula is C11H11N3O2. The van der Waals surface area contributed by atoms with Crippen LogP contribution in [0.4, 0.5) is 5.95 Å². The first-order valence-corrected chi connectivity index (χ1v) is 5.15. The SMILES string of the molecule is Nc1noc(C2CCOc3ccccc32)n1. The summed E-state index contributed by atoms with van der Waals surface area (Å²) in [5.41, 5.74) is 6.54. The van der Waals surface area contributed by atoms with Gasteiger partial charge in [-0.1, -0.05) is 18.2 Å². The summed E-state index contributed by atoms with van der Waals surface area (Å²) in [6.07, 6.45) is 0.832. The van der Waals surface area contributed by atoms with E-state index >= 15 is 0 Å². The van der Waals surface area contributed by atoms with E-state index in [9.17, 15) is 0 Å². The maximum absolute atomic E-state index is 5.56. The van der Waals surface area contributed by atoms with E-state index in [4.69, 9.17) is 15.0 Å². The van der Waals surface area contributed by atoms with Crippen molar-refractivity contribution in [1.82, 2.24) is 10.1 Å². The average molecular weight is 217 g/mol. The molecule has 16 heavy (non-hydrogen) atoms. The minimum Gasteiger partial charge on any atom is -0.493 e. The number of ether oxygens (including phenoxy) is 1. The van der Waals surface area contributed by atoms with Crippen LogP contribution in [0.1, 0.15) is 23.8 Å². The van der Waals surface area contributed by atoms with Gasteiger partial charge in [0.15, 0.2) is 0 Å². The van der Waals surface area contributed by atoms with Gasteiger partial charge in [-0.25, -0.2) is 0 Å². The van der Waals surface area contributed by atoms with Crippen molar-refractivity contribution >= 4 is 5.95 Å². The van der Waals surface area contributed by atoms with Crippen molar-refractivity contribution in [2.45, 2.75) is 12.3 Å². The largest absolute Gasteiger partial charge is 0.493 e. The fourth-order valence-corrected chi connectivity index (χ4v) is 1.99. The predicted molar refractivity (Wildman–Crippen MR) is 57.1 cm³/mol. The van der Waals surface area contributed by atoms with Crippen molar-refractivity contribution in [3.8, 4) is 5.75 Å². The van der Waals surface area contributed by atoms with Crippen LogP contribution in [0.25, 0.3) is 0 Å². The summed E-state index contributed by atoms with van der Waals surface area (Å²) < 4.78 is 10.7. The summed E-state index contributed by atoms with van der Waals surface area (Å²) in [7, 11) is 0. The van der Waals surface area contributed by atoms with Gasteiger partial charge in [0.2, 0.25) is 5.89 Å². The van der Waals surface area contributed by atoms with Gasteiger partial charge in [0.25, 0.3) is 5.95 Å².